The van der Waals surface area contributed by atoms with Crippen molar-refractivity contribution < 1.29 is 33.8 Å². The summed E-state index contributed by atoms with van der Waals surface area (Å²) in [4.78, 5) is 39.6. The van der Waals surface area contributed by atoms with Crippen molar-refractivity contribution in [3.05, 3.63) is 16.7 Å². The number of nitrogen functional groups attached to an aromatic ring is 1. The van der Waals surface area contributed by atoms with Gasteiger partial charge < -0.3 is 30.5 Å². The summed E-state index contributed by atoms with van der Waals surface area (Å²) in [5.41, 5.74) is 4.79. The average molecular weight is 363 g/mol. The van der Waals surface area contributed by atoms with Crippen LogP contribution >= 0.6 is 7.82 Å². The number of hydrogen-bond donors (Lipinski definition) is 6. The standard InChI is InChI=1S/C10H14N5O8P/c11-10-13-7-4(8(18)14-10)12-2-15(7)9-5(17)6(3(1-16)22-9)23-24(19,20)21/h2-3,5-6,9,16-17H,1H2,(H2,19,20,21)(H3,11,13,14,18)/t3-,5?,6?,9-/m1/s1. The van der Waals surface area contributed by atoms with Gasteiger partial charge in [-0.15, -0.1) is 0 Å². The maximum absolute atomic E-state index is 11.8. The summed E-state index contributed by atoms with van der Waals surface area (Å²) in [6.07, 6.45) is -4.40. The number of H-pyrrole nitrogens is 1. The molecule has 0 radical (unpaired) electrons. The van der Waals surface area contributed by atoms with Gasteiger partial charge in [0.15, 0.2) is 17.4 Å². The van der Waals surface area contributed by atoms with Gasteiger partial charge in [0.25, 0.3) is 5.56 Å². The van der Waals surface area contributed by atoms with Crippen LogP contribution in [0.15, 0.2) is 11.1 Å². The smallest absolute Gasteiger partial charge is 0.394 e. The zero-order valence-electron chi connectivity index (χ0n) is 11.9. The Morgan fingerprint density at radius 3 is 2.83 bits per heavy atom. The van der Waals surface area contributed by atoms with E-state index >= 15 is 0 Å². The molecule has 1 aliphatic heterocycles. The Bertz CT molecular complexity index is 861. The molecule has 132 valence electrons. The van der Waals surface area contributed by atoms with Crippen LogP contribution in [0.4, 0.5) is 5.95 Å². The first-order valence-corrected chi connectivity index (χ1v) is 8.15. The van der Waals surface area contributed by atoms with Crippen molar-refractivity contribution in [3.8, 4) is 0 Å². The van der Waals surface area contributed by atoms with Crippen LogP contribution < -0.4 is 11.3 Å². The quantitative estimate of drug-likeness (QED) is 0.311. The molecule has 3 rings (SSSR count). The van der Waals surface area contributed by atoms with Crippen molar-refractivity contribution in [1.29, 1.82) is 0 Å². The number of anilines is 1. The van der Waals surface area contributed by atoms with Gasteiger partial charge in [0.2, 0.25) is 5.95 Å². The van der Waals surface area contributed by atoms with Crippen molar-refractivity contribution in [2.24, 2.45) is 0 Å². The van der Waals surface area contributed by atoms with Crippen LogP contribution in [0.2, 0.25) is 0 Å². The third-order valence-corrected chi connectivity index (χ3v) is 3.99. The lowest BCUT2D eigenvalue weighted by atomic mass is 10.1. The number of aliphatic hydroxyl groups is 2. The van der Waals surface area contributed by atoms with E-state index in [1.807, 2.05) is 0 Å². The van der Waals surface area contributed by atoms with Crippen LogP contribution in [0.3, 0.4) is 0 Å². The molecule has 1 fully saturated rings. The van der Waals surface area contributed by atoms with Crippen LogP contribution in [0, 0.1) is 0 Å². The number of rotatable bonds is 4. The Labute approximate surface area is 132 Å². The van der Waals surface area contributed by atoms with E-state index in [0.717, 1.165) is 10.9 Å². The van der Waals surface area contributed by atoms with E-state index in [1.165, 1.54) is 0 Å². The molecular weight excluding hydrogens is 349 g/mol. The molecule has 3 heterocycles. The Morgan fingerprint density at radius 1 is 1.50 bits per heavy atom. The topological polar surface area (TPSA) is 206 Å². The molecule has 1 aliphatic rings. The minimum atomic E-state index is -4.94. The molecule has 0 aliphatic carbocycles. The molecule has 0 saturated carbocycles. The average Bonchev–Trinajstić information content (AvgIpc) is 3.00. The van der Waals surface area contributed by atoms with Gasteiger partial charge in [-0.2, -0.15) is 4.98 Å². The summed E-state index contributed by atoms with van der Waals surface area (Å²) >= 11 is 0. The van der Waals surface area contributed by atoms with E-state index in [2.05, 4.69) is 19.5 Å². The fraction of sp³-hybridized carbons (Fsp3) is 0.500. The highest BCUT2D eigenvalue weighted by Gasteiger charge is 2.48. The number of nitrogens with one attached hydrogen (secondary N) is 1. The summed E-state index contributed by atoms with van der Waals surface area (Å²) in [7, 11) is -4.94. The lowest BCUT2D eigenvalue weighted by molar-refractivity contribution is -0.0509. The molecule has 1 saturated heterocycles. The number of ether oxygens (including phenoxy) is 1. The number of aromatic amines is 1. The first-order chi connectivity index (χ1) is 11.2. The molecule has 7 N–H and O–H groups in total. The van der Waals surface area contributed by atoms with E-state index in [0.29, 0.717) is 0 Å². The van der Waals surface area contributed by atoms with Crippen LogP contribution in [0.25, 0.3) is 11.2 Å². The van der Waals surface area contributed by atoms with Gasteiger partial charge in [0, 0.05) is 0 Å². The number of fused-ring (bicyclic) bond motifs is 1. The highest BCUT2D eigenvalue weighted by Crippen LogP contribution is 2.43. The molecule has 0 bridgehead atoms. The highest BCUT2D eigenvalue weighted by molar-refractivity contribution is 7.46. The molecular formula is C10H14N5O8P. The van der Waals surface area contributed by atoms with Gasteiger partial charge in [-0.05, 0) is 0 Å². The van der Waals surface area contributed by atoms with E-state index in [4.69, 9.17) is 20.3 Å². The van der Waals surface area contributed by atoms with Crippen LogP contribution in [-0.2, 0) is 13.8 Å². The lowest BCUT2D eigenvalue weighted by Crippen LogP contribution is -2.35. The SMILES string of the molecule is Nc1nc2c(ncn2[C@@H]2O[C@H](CO)C(OP(=O)(O)O)C2O)c(=O)[nH]1. The second-order valence-corrected chi connectivity index (χ2v) is 6.27. The number of nitrogens with two attached hydrogens (primary N) is 1. The number of phosphoric ester groups is 1. The third-order valence-electron chi connectivity index (χ3n) is 3.47. The number of nitrogens with zero attached hydrogens (tertiary/aromatic N) is 3. The number of aromatic nitrogens is 4. The number of phosphoric acid groups is 1. The molecule has 0 aromatic carbocycles. The Morgan fingerprint density at radius 2 is 2.21 bits per heavy atom. The predicted molar refractivity (Wildman–Crippen MR) is 76.5 cm³/mol. The van der Waals surface area contributed by atoms with Crippen LogP contribution in [0.5, 0.6) is 0 Å². The number of hydrogen-bond acceptors (Lipinski definition) is 9. The van der Waals surface area contributed by atoms with E-state index in [9.17, 15) is 19.6 Å². The molecule has 2 aromatic heterocycles. The van der Waals surface area contributed by atoms with Crippen molar-refractivity contribution in [1.82, 2.24) is 19.5 Å². The van der Waals surface area contributed by atoms with Crippen molar-refractivity contribution in [3.63, 3.8) is 0 Å². The predicted octanol–water partition coefficient (Wildman–Crippen LogP) is -2.57. The van der Waals surface area contributed by atoms with Gasteiger partial charge in [0.05, 0.1) is 12.9 Å². The monoisotopic (exact) mass is 363 g/mol. The second-order valence-electron chi connectivity index (χ2n) is 5.07. The Hall–Kier alpha value is -1.86. The summed E-state index contributed by atoms with van der Waals surface area (Å²) in [5, 5.41) is 19.6. The summed E-state index contributed by atoms with van der Waals surface area (Å²) in [6.45, 7) is -0.666. The molecule has 0 spiro atoms. The molecule has 2 aromatic rings. The second kappa shape index (κ2) is 5.89. The molecule has 4 atom stereocenters. The maximum Gasteiger partial charge on any atom is 0.470 e. The van der Waals surface area contributed by atoms with Crippen LogP contribution in [-0.4, -0.2) is 64.4 Å². The number of imidazole rings is 1. The van der Waals surface area contributed by atoms with Crippen molar-refractivity contribution in [2.45, 2.75) is 24.5 Å². The van der Waals surface area contributed by atoms with Gasteiger partial charge in [0.1, 0.15) is 18.3 Å². The van der Waals surface area contributed by atoms with E-state index < -0.39 is 44.5 Å². The summed E-state index contributed by atoms with van der Waals surface area (Å²) < 4.78 is 22.0. The third kappa shape index (κ3) is 2.93. The Kier molecular flexibility index (Phi) is 4.17. The first kappa shape index (κ1) is 17.0. The van der Waals surface area contributed by atoms with Gasteiger partial charge >= 0.3 is 7.82 Å². The maximum atomic E-state index is 11.8. The van der Waals surface area contributed by atoms with E-state index in [1.54, 1.807) is 0 Å². The minimum Gasteiger partial charge on any atom is -0.394 e. The van der Waals surface area contributed by atoms with Gasteiger partial charge in [-0.25, -0.2) is 9.55 Å². The summed E-state index contributed by atoms with van der Waals surface area (Å²) in [5.74, 6) is -0.191. The fourth-order valence-corrected chi connectivity index (χ4v) is 3.09. The highest BCUT2D eigenvalue weighted by atomic mass is 31.2. The summed E-state index contributed by atoms with van der Waals surface area (Å²) in [6, 6.07) is 0. The number of aliphatic hydroxyl groups excluding tert-OH is 2. The van der Waals surface area contributed by atoms with E-state index in [-0.39, 0.29) is 17.1 Å². The first-order valence-electron chi connectivity index (χ1n) is 6.62. The fourth-order valence-electron chi connectivity index (χ4n) is 2.51. The molecule has 0 amide bonds. The zero-order valence-corrected chi connectivity index (χ0v) is 12.8. The van der Waals surface area contributed by atoms with Crippen molar-refractivity contribution in [2.75, 3.05) is 12.3 Å². The molecule has 2 unspecified atom stereocenters. The molecule has 14 heteroatoms. The van der Waals surface area contributed by atoms with Crippen LogP contribution in [0.1, 0.15) is 6.23 Å². The Balaban J connectivity index is 2.01. The minimum absolute atomic E-state index is 0.00572. The molecule has 24 heavy (non-hydrogen) atoms. The van der Waals surface area contributed by atoms with Gasteiger partial charge in [-0.3, -0.25) is 18.9 Å². The largest absolute Gasteiger partial charge is 0.470 e. The lowest BCUT2D eigenvalue weighted by Gasteiger charge is -2.20. The zero-order chi connectivity index (χ0) is 17.6. The normalized spacial score (nSPS) is 27.8. The van der Waals surface area contributed by atoms with Crippen molar-refractivity contribution >= 4 is 24.9 Å². The van der Waals surface area contributed by atoms with Gasteiger partial charge in [-0.1, -0.05) is 0 Å². The molecule has 13 nitrogen and oxygen atoms in total.